The van der Waals surface area contributed by atoms with Crippen LogP contribution in [-0.4, -0.2) is 29.4 Å². The molecular weight excluding hydrogens is 271 g/mol. The minimum Gasteiger partial charge on any atom is -0.203 e. The molecule has 16 heavy (non-hydrogen) atoms. The van der Waals surface area contributed by atoms with Gasteiger partial charge in [0.2, 0.25) is 0 Å². The van der Waals surface area contributed by atoms with Crippen LogP contribution < -0.4 is 0 Å². The first kappa shape index (κ1) is 15.2. The van der Waals surface area contributed by atoms with Crippen molar-refractivity contribution >= 4 is 0 Å². The molecule has 0 saturated carbocycles. The minimum absolute atomic E-state index is 3.86. The predicted octanol–water partition coefficient (Wildman–Crippen LogP) is 3.48. The lowest BCUT2D eigenvalue weighted by Crippen LogP contribution is -2.66. The molecule has 98 valence electrons. The molecule has 0 aliphatic heterocycles. The van der Waals surface area contributed by atoms with Crippen LogP contribution in [0.15, 0.2) is 0 Å². The summed E-state index contributed by atoms with van der Waals surface area (Å²) in [7, 11) is 0. The molecule has 0 spiro atoms. The van der Waals surface area contributed by atoms with E-state index < -0.39 is 29.4 Å². The Hall–Kier alpha value is -0.810. The van der Waals surface area contributed by atoms with Crippen molar-refractivity contribution in [2.75, 3.05) is 0 Å². The number of rotatable bonds is 2. The fourth-order valence-electron chi connectivity index (χ4n) is 0.568. The molecule has 0 saturated heterocycles. The van der Waals surface area contributed by atoms with Gasteiger partial charge in [-0.05, 0) is 0 Å². The molecule has 1 unspecified atom stereocenters. The lowest BCUT2D eigenvalue weighted by atomic mass is 10.1. The molecular formula is C4F11N. The average Bonchev–Trinajstić information content (AvgIpc) is 1.97. The monoisotopic (exact) mass is 271 g/mol. The van der Waals surface area contributed by atoms with Crippen LogP contribution in [0.4, 0.5) is 48.5 Å². The van der Waals surface area contributed by atoms with E-state index in [0.717, 1.165) is 0 Å². The van der Waals surface area contributed by atoms with Gasteiger partial charge in [-0.3, -0.25) is 0 Å². The zero-order chi connectivity index (χ0) is 13.6. The summed E-state index contributed by atoms with van der Waals surface area (Å²) in [6.45, 7) is 0. The van der Waals surface area contributed by atoms with Gasteiger partial charge in [0.1, 0.15) is 0 Å². The molecule has 0 bridgehead atoms. The third-order valence-electron chi connectivity index (χ3n) is 1.38. The van der Waals surface area contributed by atoms with Crippen LogP contribution in [0.2, 0.25) is 0 Å². The van der Waals surface area contributed by atoms with Gasteiger partial charge in [0.05, 0.1) is 5.34 Å². The fraction of sp³-hybridized carbons (Fsp3) is 1.00. The Morgan fingerprint density at radius 3 is 0.938 bits per heavy atom. The van der Waals surface area contributed by atoms with E-state index >= 15 is 0 Å². The van der Waals surface area contributed by atoms with Gasteiger partial charge in [-0.15, -0.1) is 0 Å². The zero-order valence-corrected chi connectivity index (χ0v) is 6.60. The Morgan fingerprint density at radius 1 is 0.562 bits per heavy atom. The summed E-state index contributed by atoms with van der Waals surface area (Å²) < 4.78 is 128. The summed E-state index contributed by atoms with van der Waals surface area (Å²) in [5.41, 5.74) is 0. The second-order valence-corrected chi connectivity index (χ2v) is 2.42. The second-order valence-electron chi connectivity index (χ2n) is 2.42. The molecule has 12 heteroatoms. The predicted molar refractivity (Wildman–Crippen MR) is 25.0 cm³/mol. The SMILES string of the molecule is FN(F)C(F)(C(F)(F)F)C(F)(F)C(F)(F)F. The van der Waals surface area contributed by atoms with Gasteiger partial charge in [0.15, 0.2) is 0 Å². The first-order valence-corrected chi connectivity index (χ1v) is 3.01. The van der Waals surface area contributed by atoms with Gasteiger partial charge in [-0.1, -0.05) is 8.96 Å². The standard InChI is InChI=1S/C4F11N/c5-1(6,3(8,9)10)2(7,16(14)15)4(11,12)13. The molecule has 0 aromatic carbocycles. The Morgan fingerprint density at radius 2 is 0.875 bits per heavy atom. The first-order valence-electron chi connectivity index (χ1n) is 3.01. The molecule has 0 radical (unpaired) electrons. The smallest absolute Gasteiger partial charge is 0.203 e. The molecule has 1 nitrogen and oxygen atoms in total. The zero-order valence-electron chi connectivity index (χ0n) is 6.60. The summed E-state index contributed by atoms with van der Waals surface area (Å²) in [5, 5.41) is -3.86. The van der Waals surface area contributed by atoms with E-state index in [2.05, 4.69) is 0 Å². The van der Waals surface area contributed by atoms with Crippen molar-refractivity contribution in [2.24, 2.45) is 0 Å². The molecule has 0 heterocycles. The van der Waals surface area contributed by atoms with Crippen molar-refractivity contribution < 1.29 is 48.5 Å². The van der Waals surface area contributed by atoms with Crippen LogP contribution in [0.5, 0.6) is 0 Å². The summed E-state index contributed by atoms with van der Waals surface area (Å²) in [6, 6.07) is 0. The van der Waals surface area contributed by atoms with E-state index in [0.29, 0.717) is 0 Å². The van der Waals surface area contributed by atoms with Crippen LogP contribution >= 0.6 is 0 Å². The van der Waals surface area contributed by atoms with Crippen LogP contribution in [0.3, 0.4) is 0 Å². The maximum atomic E-state index is 12.3. The lowest BCUT2D eigenvalue weighted by Gasteiger charge is -2.34. The van der Waals surface area contributed by atoms with E-state index in [9.17, 15) is 48.5 Å². The van der Waals surface area contributed by atoms with Crippen molar-refractivity contribution in [2.45, 2.75) is 24.1 Å². The third kappa shape index (κ3) is 1.89. The molecule has 1 atom stereocenters. The van der Waals surface area contributed by atoms with Crippen molar-refractivity contribution in [3.8, 4) is 0 Å². The second kappa shape index (κ2) is 3.60. The van der Waals surface area contributed by atoms with Gasteiger partial charge >= 0.3 is 24.1 Å². The topological polar surface area (TPSA) is 3.24 Å². The van der Waals surface area contributed by atoms with E-state index in [1.165, 1.54) is 0 Å². The van der Waals surface area contributed by atoms with Crippen molar-refractivity contribution in [3.63, 3.8) is 0 Å². The maximum Gasteiger partial charge on any atom is 0.458 e. The summed E-state index contributed by atoms with van der Waals surface area (Å²) in [6.07, 6.45) is -14.3. The molecule has 0 rings (SSSR count). The normalized spacial score (nSPS) is 18.8. The summed E-state index contributed by atoms with van der Waals surface area (Å²) in [5.74, 6) is -14.5. The van der Waals surface area contributed by atoms with Crippen LogP contribution in [0.25, 0.3) is 0 Å². The molecule has 0 N–H and O–H groups in total. The first-order chi connectivity index (χ1) is 6.69. The molecule has 0 aliphatic carbocycles. The third-order valence-corrected chi connectivity index (χ3v) is 1.38. The summed E-state index contributed by atoms with van der Waals surface area (Å²) in [4.78, 5) is 0. The average molecular weight is 271 g/mol. The van der Waals surface area contributed by atoms with E-state index in [-0.39, 0.29) is 0 Å². The minimum atomic E-state index is -7.32. The van der Waals surface area contributed by atoms with Gasteiger partial charge in [0, 0.05) is 0 Å². The lowest BCUT2D eigenvalue weighted by molar-refractivity contribution is -0.472. The van der Waals surface area contributed by atoms with E-state index in [1.807, 2.05) is 0 Å². The number of halogens is 11. The quantitative estimate of drug-likeness (QED) is 0.422. The van der Waals surface area contributed by atoms with Crippen LogP contribution in [0, 0.1) is 0 Å². The Bertz CT molecular complexity index is 250. The molecule has 0 aliphatic rings. The Kier molecular flexibility index (Phi) is 3.42. The molecule has 0 aromatic rings. The fourth-order valence-corrected chi connectivity index (χ4v) is 0.568. The molecule has 0 aromatic heterocycles. The number of nitrogens with zero attached hydrogens (tertiary/aromatic N) is 1. The van der Waals surface area contributed by atoms with Gasteiger partial charge < -0.3 is 0 Å². The number of hydrogen-bond acceptors (Lipinski definition) is 1. The highest BCUT2D eigenvalue weighted by Crippen LogP contribution is 2.54. The van der Waals surface area contributed by atoms with Gasteiger partial charge in [-0.2, -0.15) is 35.1 Å². The maximum absolute atomic E-state index is 12.3. The highest BCUT2D eigenvalue weighted by molar-refractivity contribution is 4.99. The van der Waals surface area contributed by atoms with Crippen molar-refractivity contribution in [3.05, 3.63) is 0 Å². The van der Waals surface area contributed by atoms with Crippen molar-refractivity contribution in [1.29, 1.82) is 0 Å². The van der Waals surface area contributed by atoms with Crippen LogP contribution in [0.1, 0.15) is 0 Å². The Balaban J connectivity index is 5.75. The van der Waals surface area contributed by atoms with Gasteiger partial charge in [-0.25, -0.2) is 4.39 Å². The van der Waals surface area contributed by atoms with Gasteiger partial charge in [0.25, 0.3) is 0 Å². The van der Waals surface area contributed by atoms with Crippen molar-refractivity contribution in [1.82, 2.24) is 5.34 Å². The van der Waals surface area contributed by atoms with Crippen LogP contribution in [-0.2, 0) is 0 Å². The number of alkyl halides is 9. The Labute approximate surface area is 79.3 Å². The molecule has 0 fully saturated rings. The number of hydrogen-bond donors (Lipinski definition) is 0. The molecule has 0 amide bonds. The highest BCUT2D eigenvalue weighted by atomic mass is 19.4. The van der Waals surface area contributed by atoms with E-state index in [1.54, 1.807) is 0 Å². The largest absolute Gasteiger partial charge is 0.458 e. The van der Waals surface area contributed by atoms with E-state index in [4.69, 9.17) is 0 Å². The highest BCUT2D eigenvalue weighted by Gasteiger charge is 2.85. The summed E-state index contributed by atoms with van der Waals surface area (Å²) >= 11 is 0.